The molecule has 0 amide bonds. The molecule has 3 heteroatoms. The van der Waals surface area contributed by atoms with Crippen LogP contribution < -0.4 is 6.15 Å². The van der Waals surface area contributed by atoms with Crippen LogP contribution >= 0.6 is 0 Å². The number of hydrogen-bond acceptors (Lipinski definition) is 3. The SMILES string of the molecule is COCC(C)O.N. The molecule has 0 fully saturated rings. The second-order valence-electron chi connectivity index (χ2n) is 1.30. The maximum Gasteiger partial charge on any atom is 0.0745 e. The van der Waals surface area contributed by atoms with Gasteiger partial charge in [-0.25, -0.2) is 0 Å². The van der Waals surface area contributed by atoms with Crippen molar-refractivity contribution in [1.29, 1.82) is 0 Å². The molecule has 0 saturated heterocycles. The molecule has 0 aromatic heterocycles. The molecule has 0 radical (unpaired) electrons. The van der Waals surface area contributed by atoms with Gasteiger partial charge in [0.1, 0.15) is 0 Å². The Kier molecular flexibility index (Phi) is 8.39. The van der Waals surface area contributed by atoms with E-state index in [-0.39, 0.29) is 12.3 Å². The summed E-state index contributed by atoms with van der Waals surface area (Å²) in [6, 6.07) is 0. The Morgan fingerprint density at radius 2 is 2.14 bits per heavy atom. The number of aliphatic hydroxyl groups is 1. The van der Waals surface area contributed by atoms with Gasteiger partial charge < -0.3 is 16.0 Å². The molecule has 0 rings (SSSR count). The smallest absolute Gasteiger partial charge is 0.0745 e. The zero-order valence-electron chi connectivity index (χ0n) is 4.85. The van der Waals surface area contributed by atoms with Crippen molar-refractivity contribution in [3.63, 3.8) is 0 Å². The zero-order valence-corrected chi connectivity index (χ0v) is 4.85. The van der Waals surface area contributed by atoms with Crippen molar-refractivity contribution < 1.29 is 9.84 Å². The summed E-state index contributed by atoms with van der Waals surface area (Å²) in [4.78, 5) is 0. The first-order valence-electron chi connectivity index (χ1n) is 1.94. The minimum Gasteiger partial charge on any atom is -0.391 e. The molecule has 3 nitrogen and oxygen atoms in total. The van der Waals surface area contributed by atoms with E-state index in [0.29, 0.717) is 6.61 Å². The van der Waals surface area contributed by atoms with Crippen LogP contribution in [-0.2, 0) is 4.74 Å². The molecule has 1 atom stereocenters. The standard InChI is InChI=1S/C4H10O2.H3N/c1-4(5)3-6-2;/h4-5H,3H2,1-2H3;1H3. The van der Waals surface area contributed by atoms with E-state index < -0.39 is 0 Å². The van der Waals surface area contributed by atoms with Gasteiger partial charge in [0.2, 0.25) is 0 Å². The molecule has 0 aromatic rings. The summed E-state index contributed by atoms with van der Waals surface area (Å²) in [7, 11) is 1.56. The summed E-state index contributed by atoms with van der Waals surface area (Å²) in [5.41, 5.74) is 0. The van der Waals surface area contributed by atoms with Gasteiger partial charge in [0, 0.05) is 7.11 Å². The van der Waals surface area contributed by atoms with Crippen molar-refractivity contribution in [2.75, 3.05) is 13.7 Å². The molecular weight excluding hydrogens is 94.0 g/mol. The molecule has 1 unspecified atom stereocenters. The van der Waals surface area contributed by atoms with Gasteiger partial charge in [-0.3, -0.25) is 0 Å². The lowest BCUT2D eigenvalue weighted by atomic mass is 10.5. The van der Waals surface area contributed by atoms with Gasteiger partial charge >= 0.3 is 0 Å². The van der Waals surface area contributed by atoms with Crippen LogP contribution in [-0.4, -0.2) is 24.9 Å². The van der Waals surface area contributed by atoms with E-state index in [1.54, 1.807) is 14.0 Å². The van der Waals surface area contributed by atoms with Crippen molar-refractivity contribution in [3.05, 3.63) is 0 Å². The number of hydrogen-bond donors (Lipinski definition) is 2. The topological polar surface area (TPSA) is 64.5 Å². The number of rotatable bonds is 2. The van der Waals surface area contributed by atoms with Crippen LogP contribution in [0.25, 0.3) is 0 Å². The predicted octanol–water partition coefficient (Wildman–Crippen LogP) is 0.176. The summed E-state index contributed by atoms with van der Waals surface area (Å²) in [6.45, 7) is 2.11. The molecule has 0 bridgehead atoms. The Morgan fingerprint density at radius 3 is 2.14 bits per heavy atom. The Bertz CT molecular complexity index is 30.9. The number of ether oxygens (including phenoxy) is 1. The molecule has 0 aliphatic rings. The summed E-state index contributed by atoms with van der Waals surface area (Å²) >= 11 is 0. The molecule has 0 saturated carbocycles. The van der Waals surface area contributed by atoms with E-state index in [9.17, 15) is 0 Å². The zero-order chi connectivity index (χ0) is 4.99. The highest BCUT2D eigenvalue weighted by Gasteiger charge is 1.87. The summed E-state index contributed by atoms with van der Waals surface area (Å²) in [5.74, 6) is 0. The Morgan fingerprint density at radius 1 is 1.71 bits per heavy atom. The lowest BCUT2D eigenvalue weighted by molar-refractivity contribution is 0.0765. The minimum atomic E-state index is -0.324. The molecule has 46 valence electrons. The first-order valence-corrected chi connectivity index (χ1v) is 1.94. The fraction of sp³-hybridized carbons (Fsp3) is 1.00. The van der Waals surface area contributed by atoms with E-state index in [0.717, 1.165) is 0 Å². The van der Waals surface area contributed by atoms with E-state index in [4.69, 9.17) is 5.11 Å². The highest BCUT2D eigenvalue weighted by molar-refractivity contribution is 4.36. The second-order valence-corrected chi connectivity index (χ2v) is 1.30. The van der Waals surface area contributed by atoms with Crippen molar-refractivity contribution >= 4 is 0 Å². The first-order chi connectivity index (χ1) is 2.77. The van der Waals surface area contributed by atoms with Crippen LogP contribution in [0.5, 0.6) is 0 Å². The molecule has 0 heterocycles. The van der Waals surface area contributed by atoms with Crippen LogP contribution in [0.3, 0.4) is 0 Å². The van der Waals surface area contributed by atoms with Crippen molar-refractivity contribution in [3.8, 4) is 0 Å². The van der Waals surface area contributed by atoms with Crippen LogP contribution in [0.4, 0.5) is 0 Å². The number of methoxy groups -OCH3 is 1. The normalized spacial score (nSPS) is 12.4. The lowest BCUT2D eigenvalue weighted by Gasteiger charge is -1.97. The van der Waals surface area contributed by atoms with Crippen molar-refractivity contribution in [1.82, 2.24) is 6.15 Å². The third-order valence-electron chi connectivity index (χ3n) is 0.408. The van der Waals surface area contributed by atoms with E-state index in [1.807, 2.05) is 0 Å². The fourth-order valence-electron chi connectivity index (χ4n) is 0.241. The van der Waals surface area contributed by atoms with Crippen LogP contribution in [0, 0.1) is 0 Å². The van der Waals surface area contributed by atoms with Gasteiger partial charge in [-0.15, -0.1) is 0 Å². The molecule has 0 aliphatic carbocycles. The Balaban J connectivity index is 0. The van der Waals surface area contributed by atoms with Crippen LogP contribution in [0.15, 0.2) is 0 Å². The van der Waals surface area contributed by atoms with Crippen LogP contribution in [0.2, 0.25) is 0 Å². The minimum absolute atomic E-state index is 0. The summed E-state index contributed by atoms with van der Waals surface area (Å²) in [5, 5.41) is 8.43. The summed E-state index contributed by atoms with van der Waals surface area (Å²) < 4.78 is 4.55. The predicted molar refractivity (Wildman–Crippen MR) is 28.6 cm³/mol. The Hall–Kier alpha value is -0.120. The molecule has 4 N–H and O–H groups in total. The highest BCUT2D eigenvalue weighted by atomic mass is 16.5. The average molecular weight is 107 g/mol. The molecule has 0 aromatic carbocycles. The molecule has 0 spiro atoms. The fourth-order valence-corrected chi connectivity index (χ4v) is 0.241. The van der Waals surface area contributed by atoms with Gasteiger partial charge in [-0.1, -0.05) is 0 Å². The van der Waals surface area contributed by atoms with Crippen molar-refractivity contribution in [2.24, 2.45) is 0 Å². The van der Waals surface area contributed by atoms with E-state index in [1.165, 1.54) is 0 Å². The first kappa shape index (κ1) is 9.99. The quantitative estimate of drug-likeness (QED) is 0.529. The molecule has 7 heavy (non-hydrogen) atoms. The summed E-state index contributed by atoms with van der Waals surface area (Å²) in [6.07, 6.45) is -0.324. The second kappa shape index (κ2) is 5.88. The van der Waals surface area contributed by atoms with E-state index >= 15 is 0 Å². The van der Waals surface area contributed by atoms with Crippen molar-refractivity contribution in [2.45, 2.75) is 13.0 Å². The van der Waals surface area contributed by atoms with Crippen LogP contribution in [0.1, 0.15) is 6.92 Å². The van der Waals surface area contributed by atoms with Gasteiger partial charge in [-0.2, -0.15) is 0 Å². The van der Waals surface area contributed by atoms with Gasteiger partial charge in [0.05, 0.1) is 12.7 Å². The third kappa shape index (κ3) is 10.7. The van der Waals surface area contributed by atoms with Gasteiger partial charge in [-0.05, 0) is 6.92 Å². The van der Waals surface area contributed by atoms with E-state index in [2.05, 4.69) is 4.74 Å². The monoisotopic (exact) mass is 107 g/mol. The van der Waals surface area contributed by atoms with Gasteiger partial charge in [0.25, 0.3) is 0 Å². The average Bonchev–Trinajstić information content (AvgIpc) is 1.35. The maximum atomic E-state index is 8.43. The molecule has 0 aliphatic heterocycles. The lowest BCUT2D eigenvalue weighted by Crippen LogP contribution is -2.07. The Labute approximate surface area is 43.9 Å². The highest BCUT2D eigenvalue weighted by Crippen LogP contribution is 1.75. The number of aliphatic hydroxyl groups excluding tert-OH is 1. The molecular formula is C4H13NO2. The maximum absolute atomic E-state index is 8.43. The third-order valence-corrected chi connectivity index (χ3v) is 0.408. The largest absolute Gasteiger partial charge is 0.391 e. The van der Waals surface area contributed by atoms with Gasteiger partial charge in [0.15, 0.2) is 0 Å².